The molecule has 2 rings (SSSR count). The van der Waals surface area contributed by atoms with Crippen LogP contribution >= 0.6 is 0 Å². The van der Waals surface area contributed by atoms with Crippen LogP contribution in [0.15, 0.2) is 24.3 Å². The Bertz CT molecular complexity index is 392. The lowest BCUT2D eigenvalue weighted by Crippen LogP contribution is -2.44. The van der Waals surface area contributed by atoms with Gasteiger partial charge >= 0.3 is 5.97 Å². The Labute approximate surface area is 95.2 Å². The van der Waals surface area contributed by atoms with Crippen molar-refractivity contribution in [2.24, 2.45) is 0 Å². The third kappa shape index (κ3) is 1.88. The highest BCUT2D eigenvalue weighted by Gasteiger charge is 2.27. The number of para-hydroxylation sites is 1. The fraction of sp³-hybridized carbons (Fsp3) is 0.417. The highest BCUT2D eigenvalue weighted by atomic mass is 16.5. The summed E-state index contributed by atoms with van der Waals surface area (Å²) in [6.45, 7) is 1.39. The van der Waals surface area contributed by atoms with Gasteiger partial charge in [-0.1, -0.05) is 18.2 Å². The van der Waals surface area contributed by atoms with Gasteiger partial charge < -0.3 is 15.0 Å². The van der Waals surface area contributed by atoms with E-state index in [0.717, 1.165) is 12.2 Å². The Morgan fingerprint density at radius 2 is 2.25 bits per heavy atom. The Morgan fingerprint density at radius 3 is 3.00 bits per heavy atom. The minimum Gasteiger partial charge on any atom is -0.467 e. The van der Waals surface area contributed by atoms with E-state index in [2.05, 4.69) is 11.4 Å². The third-order valence-corrected chi connectivity index (χ3v) is 2.97. The van der Waals surface area contributed by atoms with E-state index in [-0.39, 0.29) is 12.0 Å². The van der Waals surface area contributed by atoms with Gasteiger partial charge in [0.15, 0.2) is 0 Å². The molecule has 1 aromatic rings. The van der Waals surface area contributed by atoms with Crippen molar-refractivity contribution in [3.05, 3.63) is 29.8 Å². The maximum atomic E-state index is 11.6. The number of hydrogen-bond acceptors (Lipinski definition) is 4. The van der Waals surface area contributed by atoms with Gasteiger partial charge in [0.25, 0.3) is 0 Å². The molecule has 1 heterocycles. The van der Waals surface area contributed by atoms with Gasteiger partial charge in [-0.2, -0.15) is 0 Å². The monoisotopic (exact) mass is 220 g/mol. The van der Waals surface area contributed by atoms with Crippen LogP contribution in [0.1, 0.15) is 5.56 Å². The van der Waals surface area contributed by atoms with Crippen LogP contribution in [-0.4, -0.2) is 32.7 Å². The fourth-order valence-corrected chi connectivity index (χ4v) is 2.03. The highest BCUT2D eigenvalue weighted by molar-refractivity contribution is 5.81. The van der Waals surface area contributed by atoms with Crippen LogP contribution in [0.4, 0.5) is 5.69 Å². The maximum absolute atomic E-state index is 11.6. The van der Waals surface area contributed by atoms with Crippen molar-refractivity contribution in [1.29, 1.82) is 0 Å². The SMILES string of the molecule is COC(=O)C1CNCc2ccccc2N1C. The molecule has 0 spiro atoms. The van der Waals surface area contributed by atoms with E-state index in [1.54, 1.807) is 0 Å². The van der Waals surface area contributed by atoms with E-state index in [1.165, 1.54) is 12.7 Å². The number of carbonyl (C=O) groups is 1. The van der Waals surface area contributed by atoms with Crippen molar-refractivity contribution >= 4 is 11.7 Å². The fourth-order valence-electron chi connectivity index (χ4n) is 2.03. The van der Waals surface area contributed by atoms with E-state index in [0.29, 0.717) is 6.54 Å². The van der Waals surface area contributed by atoms with Gasteiger partial charge in [-0.3, -0.25) is 0 Å². The first-order valence-electron chi connectivity index (χ1n) is 5.33. The zero-order chi connectivity index (χ0) is 11.5. The second-order valence-corrected chi connectivity index (χ2v) is 3.91. The van der Waals surface area contributed by atoms with Gasteiger partial charge in [0, 0.05) is 25.8 Å². The van der Waals surface area contributed by atoms with Crippen LogP contribution in [-0.2, 0) is 16.1 Å². The third-order valence-electron chi connectivity index (χ3n) is 2.97. The molecule has 0 aromatic heterocycles. The van der Waals surface area contributed by atoms with E-state index < -0.39 is 0 Å². The number of nitrogens with zero attached hydrogens (tertiary/aromatic N) is 1. The molecule has 0 bridgehead atoms. The molecule has 1 aliphatic heterocycles. The van der Waals surface area contributed by atoms with Crippen LogP contribution in [0.3, 0.4) is 0 Å². The van der Waals surface area contributed by atoms with Gasteiger partial charge in [-0.25, -0.2) is 4.79 Å². The summed E-state index contributed by atoms with van der Waals surface area (Å²) in [5.74, 6) is -0.202. The molecular weight excluding hydrogens is 204 g/mol. The average Bonchev–Trinajstić information content (AvgIpc) is 2.49. The van der Waals surface area contributed by atoms with Gasteiger partial charge in [-0.05, 0) is 11.6 Å². The summed E-state index contributed by atoms with van der Waals surface area (Å²) in [6, 6.07) is 7.83. The lowest BCUT2D eigenvalue weighted by atomic mass is 10.1. The number of nitrogens with one attached hydrogen (secondary N) is 1. The van der Waals surface area contributed by atoms with Crippen molar-refractivity contribution in [2.75, 3.05) is 25.6 Å². The summed E-state index contributed by atoms with van der Waals surface area (Å²) in [7, 11) is 3.35. The minimum absolute atomic E-state index is 0.202. The molecule has 0 saturated carbocycles. The quantitative estimate of drug-likeness (QED) is 0.710. The van der Waals surface area contributed by atoms with Crippen LogP contribution in [0, 0.1) is 0 Å². The molecule has 4 heteroatoms. The van der Waals surface area contributed by atoms with E-state index in [4.69, 9.17) is 4.74 Å². The average molecular weight is 220 g/mol. The van der Waals surface area contributed by atoms with Gasteiger partial charge in [0.2, 0.25) is 0 Å². The van der Waals surface area contributed by atoms with Crippen molar-refractivity contribution in [2.45, 2.75) is 12.6 Å². The Balaban J connectivity index is 2.33. The molecule has 86 valence electrons. The molecule has 1 aliphatic rings. The molecule has 1 N–H and O–H groups in total. The van der Waals surface area contributed by atoms with Crippen LogP contribution in [0.25, 0.3) is 0 Å². The zero-order valence-corrected chi connectivity index (χ0v) is 9.56. The normalized spacial score (nSPS) is 19.9. The lowest BCUT2D eigenvalue weighted by Gasteiger charge is -2.26. The standard InChI is InChI=1S/C12H16N2O2/c1-14-10-6-4-3-5-9(10)7-13-8-11(14)12(15)16-2/h3-6,11,13H,7-8H2,1-2H3. The lowest BCUT2D eigenvalue weighted by molar-refractivity contribution is -0.142. The smallest absolute Gasteiger partial charge is 0.329 e. The van der Waals surface area contributed by atoms with E-state index in [1.807, 2.05) is 30.1 Å². The van der Waals surface area contributed by atoms with Gasteiger partial charge in [0.05, 0.1) is 7.11 Å². The first-order chi connectivity index (χ1) is 7.74. The first kappa shape index (κ1) is 11.0. The maximum Gasteiger partial charge on any atom is 0.329 e. The molecule has 1 unspecified atom stereocenters. The number of rotatable bonds is 1. The zero-order valence-electron chi connectivity index (χ0n) is 9.56. The number of esters is 1. The molecule has 0 aliphatic carbocycles. The Hall–Kier alpha value is -1.55. The summed E-state index contributed by atoms with van der Waals surface area (Å²) in [5, 5.41) is 3.26. The summed E-state index contributed by atoms with van der Waals surface area (Å²) in [4.78, 5) is 13.6. The number of carbonyl (C=O) groups excluding carboxylic acids is 1. The summed E-state index contributed by atoms with van der Waals surface area (Å²) < 4.78 is 4.81. The van der Waals surface area contributed by atoms with E-state index >= 15 is 0 Å². The number of methoxy groups -OCH3 is 1. The molecule has 4 nitrogen and oxygen atoms in total. The summed E-state index contributed by atoms with van der Waals surface area (Å²) in [6.07, 6.45) is 0. The second-order valence-electron chi connectivity index (χ2n) is 3.91. The summed E-state index contributed by atoms with van der Waals surface area (Å²) >= 11 is 0. The highest BCUT2D eigenvalue weighted by Crippen LogP contribution is 2.23. The molecule has 1 atom stereocenters. The largest absolute Gasteiger partial charge is 0.467 e. The molecule has 16 heavy (non-hydrogen) atoms. The van der Waals surface area contributed by atoms with Gasteiger partial charge in [0.1, 0.15) is 6.04 Å². The number of likely N-dealkylation sites (N-methyl/N-ethyl adjacent to an activating group) is 1. The van der Waals surface area contributed by atoms with Crippen molar-refractivity contribution in [3.8, 4) is 0 Å². The Kier molecular flexibility index (Phi) is 3.10. The number of benzene rings is 1. The number of ether oxygens (including phenoxy) is 1. The molecule has 1 aromatic carbocycles. The molecule has 0 radical (unpaired) electrons. The van der Waals surface area contributed by atoms with Gasteiger partial charge in [-0.15, -0.1) is 0 Å². The predicted molar refractivity (Wildman–Crippen MR) is 62.4 cm³/mol. The van der Waals surface area contributed by atoms with E-state index in [9.17, 15) is 4.79 Å². The number of hydrogen-bond donors (Lipinski definition) is 1. The summed E-state index contributed by atoms with van der Waals surface area (Å²) in [5.41, 5.74) is 2.29. The number of anilines is 1. The van der Waals surface area contributed by atoms with Crippen molar-refractivity contribution in [1.82, 2.24) is 5.32 Å². The molecule has 0 fully saturated rings. The Morgan fingerprint density at radius 1 is 1.50 bits per heavy atom. The molecule has 0 amide bonds. The van der Waals surface area contributed by atoms with Crippen LogP contribution in [0.5, 0.6) is 0 Å². The van der Waals surface area contributed by atoms with Crippen LogP contribution < -0.4 is 10.2 Å². The molecule has 0 saturated heterocycles. The first-order valence-corrected chi connectivity index (χ1v) is 5.33. The number of fused-ring (bicyclic) bond motifs is 1. The topological polar surface area (TPSA) is 41.6 Å². The second kappa shape index (κ2) is 4.53. The van der Waals surface area contributed by atoms with Crippen LogP contribution in [0.2, 0.25) is 0 Å². The predicted octanol–water partition coefficient (Wildman–Crippen LogP) is 0.768. The molecular formula is C12H16N2O2. The van der Waals surface area contributed by atoms with Crippen molar-refractivity contribution < 1.29 is 9.53 Å². The minimum atomic E-state index is -0.256. The van der Waals surface area contributed by atoms with Crippen molar-refractivity contribution in [3.63, 3.8) is 0 Å².